The van der Waals surface area contributed by atoms with E-state index in [2.05, 4.69) is 5.32 Å². The number of Topliss-reactive ketones (excluding diaryl/α,β-unsaturated/α-hetero) is 1. The molecule has 16 nitrogen and oxygen atoms in total. The molecule has 3 aliphatic carbocycles. The number of amides is 1. The van der Waals surface area contributed by atoms with E-state index in [-0.39, 0.29) is 35.4 Å². The summed E-state index contributed by atoms with van der Waals surface area (Å²) in [7, 11) is 0. The molecule has 16 heteroatoms. The SMILES string of the molecule is CC(=O)O[C@H]1C(=O)[C@@]2(C)[C@H]([C@H](OC(=O)c3ccccc3)[C@]3(O)C[C@H](OC(=O)[C@H](C)C(NC(=O)c4ccccc4)c4ccc([N+](=O)[O-])cc4)C(C)=C1C3(C)C)[C@]1(OC(C)=O)CO[C@@H]1C[C@@H]2C. The maximum atomic E-state index is 15.7. The highest BCUT2D eigenvalue weighted by molar-refractivity contribution is 5.96. The summed E-state index contributed by atoms with van der Waals surface area (Å²) in [5.74, 6) is -7.46. The van der Waals surface area contributed by atoms with Crippen molar-refractivity contribution in [1.29, 1.82) is 0 Å². The van der Waals surface area contributed by atoms with Gasteiger partial charge in [-0.2, -0.15) is 0 Å². The number of fused-ring (bicyclic) bond motifs is 5. The van der Waals surface area contributed by atoms with Gasteiger partial charge in [0.2, 0.25) is 0 Å². The van der Waals surface area contributed by atoms with Gasteiger partial charge in [0, 0.05) is 48.8 Å². The zero-order valence-electron chi connectivity index (χ0n) is 37.5. The predicted octanol–water partition coefficient (Wildman–Crippen LogP) is 6.19. The van der Waals surface area contributed by atoms with Crippen molar-refractivity contribution in [3.05, 3.63) is 123 Å². The molecule has 1 heterocycles. The van der Waals surface area contributed by atoms with Gasteiger partial charge in [-0.15, -0.1) is 0 Å². The van der Waals surface area contributed by atoms with Crippen LogP contribution in [-0.4, -0.2) is 87.8 Å². The van der Waals surface area contributed by atoms with Gasteiger partial charge in [0.25, 0.3) is 11.6 Å². The number of hydrogen-bond acceptors (Lipinski definition) is 14. The van der Waals surface area contributed by atoms with Crippen molar-refractivity contribution in [3.63, 3.8) is 0 Å². The van der Waals surface area contributed by atoms with E-state index in [9.17, 15) is 39.2 Å². The third-order valence-electron chi connectivity index (χ3n) is 14.6. The number of carbonyl (C=O) groups excluding carboxylic acids is 6. The fourth-order valence-corrected chi connectivity index (χ4v) is 10.8. The molecule has 0 spiro atoms. The number of nitrogens with zero attached hydrogens (tertiary/aromatic N) is 1. The Kier molecular flexibility index (Phi) is 12.4. The molecule has 1 unspecified atom stereocenters. The summed E-state index contributed by atoms with van der Waals surface area (Å²) in [6.07, 6.45) is -5.66. The lowest BCUT2D eigenvalue weighted by Gasteiger charge is -2.68. The Morgan fingerprint density at radius 3 is 2.02 bits per heavy atom. The standard InChI is InChI=1S/C49H54N2O14/c1-26-23-36-48(25-61-36,65-30(5)53)40-42(64-45(57)33-17-13-10-14-18-33)49(58)24-35(27(2)37(46(49,6)7)39(62-29(4)52)41(54)47(26,40)8)63-44(56)28(3)38(31-19-21-34(22-20-31)51(59)60)50-43(55)32-15-11-9-12-16-32/h9-22,26,28,35-36,38-40,42,58H,23-25H2,1-8H3,(H,50,55)/t26-,28+,35-,36+,38?,39+,40-,42-,47+,48-,49+/m0/s1. The Morgan fingerprint density at radius 1 is 0.877 bits per heavy atom. The fourth-order valence-electron chi connectivity index (χ4n) is 10.8. The zero-order chi connectivity index (χ0) is 47.4. The second kappa shape index (κ2) is 17.3. The summed E-state index contributed by atoms with van der Waals surface area (Å²) in [6.45, 7) is 12.0. The molecule has 3 aromatic carbocycles. The molecular weight excluding hydrogens is 841 g/mol. The van der Waals surface area contributed by atoms with E-state index in [1.807, 2.05) is 6.92 Å². The van der Waals surface area contributed by atoms with E-state index in [4.69, 9.17) is 23.7 Å². The van der Waals surface area contributed by atoms with Gasteiger partial charge in [0.05, 0.1) is 35.0 Å². The summed E-state index contributed by atoms with van der Waals surface area (Å²) in [4.78, 5) is 95.5. The Bertz CT molecular complexity index is 2440. The first-order chi connectivity index (χ1) is 30.6. The third-order valence-corrected chi connectivity index (χ3v) is 14.6. The number of rotatable bonds is 11. The molecule has 1 saturated heterocycles. The first-order valence-corrected chi connectivity index (χ1v) is 21.6. The Hall–Kier alpha value is -6.26. The van der Waals surface area contributed by atoms with Gasteiger partial charge in [0.1, 0.15) is 23.9 Å². The molecule has 2 saturated carbocycles. The van der Waals surface area contributed by atoms with Crippen LogP contribution in [0.5, 0.6) is 0 Å². The molecule has 7 rings (SSSR count). The lowest BCUT2D eigenvalue weighted by molar-refractivity contribution is -0.384. The highest BCUT2D eigenvalue weighted by Gasteiger charge is 2.77. The molecule has 1 aliphatic heterocycles. The number of ether oxygens (including phenoxy) is 5. The third kappa shape index (κ3) is 7.90. The summed E-state index contributed by atoms with van der Waals surface area (Å²) in [5, 5.41) is 28.3. The van der Waals surface area contributed by atoms with E-state index in [0.29, 0.717) is 11.1 Å². The van der Waals surface area contributed by atoms with Gasteiger partial charge in [-0.25, -0.2) is 4.79 Å². The van der Waals surface area contributed by atoms with Crippen LogP contribution in [0.1, 0.15) is 101 Å². The van der Waals surface area contributed by atoms with Crippen LogP contribution in [0.25, 0.3) is 0 Å². The van der Waals surface area contributed by atoms with Crippen LogP contribution in [0.15, 0.2) is 96.1 Å². The topological polar surface area (TPSA) is 224 Å². The average molecular weight is 895 g/mol. The number of nitrogens with one attached hydrogen (secondary N) is 1. The number of ketones is 1. The minimum atomic E-state index is -2.27. The largest absolute Gasteiger partial charge is 0.457 e. The molecule has 2 bridgehead atoms. The Balaban J connectivity index is 1.38. The Morgan fingerprint density at radius 2 is 1.48 bits per heavy atom. The summed E-state index contributed by atoms with van der Waals surface area (Å²) in [6, 6.07) is 20.5. The quantitative estimate of drug-likeness (QED) is 0.0720. The molecule has 11 atom stereocenters. The molecular formula is C49H54N2O14. The molecule has 2 N–H and O–H groups in total. The van der Waals surface area contributed by atoms with Gasteiger partial charge < -0.3 is 34.1 Å². The number of hydrogen-bond donors (Lipinski definition) is 2. The number of non-ortho nitro benzene ring substituents is 1. The van der Waals surface area contributed by atoms with Gasteiger partial charge in [-0.1, -0.05) is 76.2 Å². The van der Waals surface area contributed by atoms with Gasteiger partial charge in [-0.05, 0) is 67.2 Å². The maximum absolute atomic E-state index is 15.7. The lowest BCUT2D eigenvalue weighted by Crippen LogP contribution is -2.80. The van der Waals surface area contributed by atoms with Crippen LogP contribution in [0.3, 0.4) is 0 Å². The first kappa shape index (κ1) is 46.7. The van der Waals surface area contributed by atoms with Crippen LogP contribution >= 0.6 is 0 Å². The number of carbonyl (C=O) groups is 6. The van der Waals surface area contributed by atoms with Crippen molar-refractivity contribution in [2.24, 2.45) is 28.6 Å². The van der Waals surface area contributed by atoms with E-state index < -0.39 is 117 Å². The molecule has 344 valence electrons. The number of nitro groups is 1. The van der Waals surface area contributed by atoms with Crippen LogP contribution in [0.4, 0.5) is 5.69 Å². The van der Waals surface area contributed by atoms with Gasteiger partial charge in [-0.3, -0.25) is 34.1 Å². The van der Waals surface area contributed by atoms with Crippen molar-refractivity contribution < 1.29 is 62.5 Å². The highest BCUT2D eigenvalue weighted by atomic mass is 16.6. The van der Waals surface area contributed by atoms with Gasteiger partial charge >= 0.3 is 23.9 Å². The lowest BCUT2D eigenvalue weighted by atomic mass is 9.43. The fraction of sp³-hybridized carbons (Fsp3) is 0.469. The normalized spacial score (nSPS) is 30.9. The molecule has 4 aliphatic rings. The van der Waals surface area contributed by atoms with E-state index in [1.54, 1.807) is 76.2 Å². The summed E-state index contributed by atoms with van der Waals surface area (Å²) < 4.78 is 31.1. The smallest absolute Gasteiger partial charge is 0.338 e. The maximum Gasteiger partial charge on any atom is 0.338 e. The first-order valence-electron chi connectivity index (χ1n) is 21.6. The minimum absolute atomic E-state index is 0.127. The number of esters is 4. The van der Waals surface area contributed by atoms with E-state index >= 15 is 4.79 Å². The van der Waals surface area contributed by atoms with Crippen LogP contribution < -0.4 is 5.32 Å². The molecule has 65 heavy (non-hydrogen) atoms. The monoisotopic (exact) mass is 894 g/mol. The molecule has 3 aromatic rings. The number of aliphatic hydroxyl groups is 1. The second-order valence-corrected chi connectivity index (χ2v) is 18.5. The van der Waals surface area contributed by atoms with Crippen molar-refractivity contribution in [2.75, 3.05) is 6.61 Å². The van der Waals surface area contributed by atoms with E-state index in [1.165, 1.54) is 50.2 Å². The summed E-state index contributed by atoms with van der Waals surface area (Å²) >= 11 is 0. The predicted molar refractivity (Wildman–Crippen MR) is 231 cm³/mol. The molecule has 3 fully saturated rings. The second-order valence-electron chi connectivity index (χ2n) is 18.5. The van der Waals surface area contributed by atoms with Crippen LogP contribution in [0, 0.1) is 38.7 Å². The van der Waals surface area contributed by atoms with Crippen molar-refractivity contribution in [3.8, 4) is 0 Å². The highest BCUT2D eigenvalue weighted by Crippen LogP contribution is 2.65. The average Bonchev–Trinajstić information content (AvgIpc) is 3.26. The molecule has 0 radical (unpaired) electrons. The van der Waals surface area contributed by atoms with Crippen LogP contribution in [0.2, 0.25) is 0 Å². The summed E-state index contributed by atoms with van der Waals surface area (Å²) in [5.41, 5.74) is -6.12. The van der Waals surface area contributed by atoms with Crippen LogP contribution in [-0.2, 0) is 42.9 Å². The minimum Gasteiger partial charge on any atom is -0.457 e. The Labute approximate surface area is 376 Å². The number of benzene rings is 3. The van der Waals surface area contributed by atoms with E-state index in [0.717, 1.165) is 6.92 Å². The van der Waals surface area contributed by atoms with Crippen molar-refractivity contribution >= 4 is 41.3 Å². The molecule has 0 aromatic heterocycles. The zero-order valence-corrected chi connectivity index (χ0v) is 37.5. The van der Waals surface area contributed by atoms with Gasteiger partial charge in [0.15, 0.2) is 17.5 Å². The van der Waals surface area contributed by atoms with Crippen molar-refractivity contribution in [2.45, 2.75) is 110 Å². The van der Waals surface area contributed by atoms with Crippen molar-refractivity contribution in [1.82, 2.24) is 5.32 Å². The number of nitro benzene ring substituents is 1. The molecule has 1 amide bonds.